The molecule has 1 aromatic heterocycles. The lowest BCUT2D eigenvalue weighted by atomic mass is 10.1. The number of aromatic nitrogens is 1. The third-order valence-corrected chi connectivity index (χ3v) is 3.38. The number of aliphatic carboxylic acids is 1. The first kappa shape index (κ1) is 12.8. The molecule has 0 fully saturated rings. The Kier molecular flexibility index (Phi) is 3.26. The number of pyridine rings is 1. The zero-order chi connectivity index (χ0) is 13.3. The smallest absolute Gasteiger partial charge is 0.347 e. The fraction of sp³-hybridized carbons (Fsp3) is 0.231. The van der Waals surface area contributed by atoms with Crippen molar-refractivity contribution in [3.05, 3.63) is 34.9 Å². The Hall–Kier alpha value is -1.62. The number of ether oxygens (including phenoxy) is 1. The summed E-state index contributed by atoms with van der Waals surface area (Å²) in [5.74, 6) is -0.524. The van der Waals surface area contributed by atoms with Gasteiger partial charge in [-0.3, -0.25) is 4.98 Å². The SMILES string of the molecule is CC(C)(Oc1ccc2ncccc2c1Br)C(=O)O. The van der Waals surface area contributed by atoms with Crippen LogP contribution in [-0.2, 0) is 4.79 Å². The summed E-state index contributed by atoms with van der Waals surface area (Å²) in [5, 5.41) is 9.94. The molecular formula is C13H12BrNO3. The van der Waals surface area contributed by atoms with Crippen LogP contribution >= 0.6 is 15.9 Å². The van der Waals surface area contributed by atoms with Gasteiger partial charge in [-0.15, -0.1) is 0 Å². The van der Waals surface area contributed by atoms with Crippen molar-refractivity contribution in [2.45, 2.75) is 19.4 Å². The van der Waals surface area contributed by atoms with E-state index in [0.29, 0.717) is 10.2 Å². The van der Waals surface area contributed by atoms with Gasteiger partial charge >= 0.3 is 5.97 Å². The number of hydrogen-bond donors (Lipinski definition) is 1. The van der Waals surface area contributed by atoms with Gasteiger partial charge in [-0.1, -0.05) is 6.07 Å². The Morgan fingerprint density at radius 3 is 2.78 bits per heavy atom. The molecule has 0 bridgehead atoms. The van der Waals surface area contributed by atoms with Gasteiger partial charge in [0, 0.05) is 11.6 Å². The van der Waals surface area contributed by atoms with E-state index in [1.807, 2.05) is 12.1 Å². The number of carbonyl (C=O) groups is 1. The van der Waals surface area contributed by atoms with Crippen LogP contribution < -0.4 is 4.74 Å². The maximum Gasteiger partial charge on any atom is 0.347 e. The second kappa shape index (κ2) is 4.57. The largest absolute Gasteiger partial charge is 0.478 e. The molecule has 0 aliphatic rings. The topological polar surface area (TPSA) is 59.4 Å². The van der Waals surface area contributed by atoms with Gasteiger partial charge in [0.15, 0.2) is 5.60 Å². The van der Waals surface area contributed by atoms with Crippen LogP contribution in [0.3, 0.4) is 0 Å². The van der Waals surface area contributed by atoms with E-state index in [1.165, 1.54) is 13.8 Å². The molecule has 0 radical (unpaired) electrons. The highest BCUT2D eigenvalue weighted by Gasteiger charge is 2.30. The van der Waals surface area contributed by atoms with Crippen molar-refractivity contribution in [3.63, 3.8) is 0 Å². The molecule has 0 aliphatic heterocycles. The average Bonchev–Trinajstić information content (AvgIpc) is 2.33. The van der Waals surface area contributed by atoms with Gasteiger partial charge in [0.2, 0.25) is 0 Å². The van der Waals surface area contributed by atoms with E-state index in [1.54, 1.807) is 18.3 Å². The Bertz CT molecular complexity index is 610. The van der Waals surface area contributed by atoms with E-state index < -0.39 is 11.6 Å². The van der Waals surface area contributed by atoms with Crippen molar-refractivity contribution in [1.82, 2.24) is 4.98 Å². The van der Waals surface area contributed by atoms with Crippen LogP contribution in [0.4, 0.5) is 0 Å². The summed E-state index contributed by atoms with van der Waals surface area (Å²) in [7, 11) is 0. The highest BCUT2D eigenvalue weighted by Crippen LogP contribution is 2.34. The molecule has 0 spiro atoms. The lowest BCUT2D eigenvalue weighted by molar-refractivity contribution is -0.152. The molecule has 1 aromatic carbocycles. The van der Waals surface area contributed by atoms with E-state index in [0.717, 1.165) is 10.9 Å². The van der Waals surface area contributed by atoms with Crippen LogP contribution in [0.2, 0.25) is 0 Å². The molecule has 2 aromatic rings. The zero-order valence-electron chi connectivity index (χ0n) is 9.98. The quantitative estimate of drug-likeness (QED) is 0.945. The van der Waals surface area contributed by atoms with Gasteiger partial charge < -0.3 is 9.84 Å². The van der Waals surface area contributed by atoms with Gasteiger partial charge in [0.1, 0.15) is 5.75 Å². The van der Waals surface area contributed by atoms with E-state index in [2.05, 4.69) is 20.9 Å². The van der Waals surface area contributed by atoms with Crippen LogP contribution in [0.5, 0.6) is 5.75 Å². The molecule has 2 rings (SSSR count). The summed E-state index contributed by atoms with van der Waals surface area (Å²) in [6.07, 6.45) is 1.70. The highest BCUT2D eigenvalue weighted by molar-refractivity contribution is 9.10. The van der Waals surface area contributed by atoms with Gasteiger partial charge in [0.25, 0.3) is 0 Å². The molecule has 0 saturated carbocycles. The molecule has 0 amide bonds. The standard InChI is InChI=1S/C13H12BrNO3/c1-13(2,12(16)17)18-10-6-5-9-8(11(10)14)4-3-7-15-9/h3-7H,1-2H3,(H,16,17). The first-order valence-corrected chi connectivity index (χ1v) is 6.17. The minimum absolute atomic E-state index is 0.489. The number of hydrogen-bond acceptors (Lipinski definition) is 3. The fourth-order valence-electron chi connectivity index (χ4n) is 1.49. The Labute approximate surface area is 113 Å². The molecule has 0 unspecified atom stereocenters. The summed E-state index contributed by atoms with van der Waals surface area (Å²) >= 11 is 3.43. The first-order chi connectivity index (χ1) is 8.42. The second-order valence-corrected chi connectivity index (χ2v) is 5.16. The number of benzene rings is 1. The third kappa shape index (κ3) is 2.31. The number of halogens is 1. The van der Waals surface area contributed by atoms with Crippen LogP contribution in [0.15, 0.2) is 34.9 Å². The second-order valence-electron chi connectivity index (χ2n) is 4.37. The Morgan fingerprint density at radius 2 is 2.11 bits per heavy atom. The average molecular weight is 310 g/mol. The number of fused-ring (bicyclic) bond motifs is 1. The van der Waals surface area contributed by atoms with Crippen LogP contribution in [0.1, 0.15) is 13.8 Å². The summed E-state index contributed by atoms with van der Waals surface area (Å²) in [6.45, 7) is 3.02. The normalized spacial score (nSPS) is 11.5. The van der Waals surface area contributed by atoms with E-state index in [-0.39, 0.29) is 0 Å². The minimum atomic E-state index is -1.28. The summed E-state index contributed by atoms with van der Waals surface area (Å²) in [6, 6.07) is 7.23. The van der Waals surface area contributed by atoms with Crippen LogP contribution in [0.25, 0.3) is 10.9 Å². The summed E-state index contributed by atoms with van der Waals surface area (Å²) in [4.78, 5) is 15.3. The lowest BCUT2D eigenvalue weighted by Crippen LogP contribution is -2.37. The van der Waals surface area contributed by atoms with Gasteiger partial charge in [-0.2, -0.15) is 0 Å². The first-order valence-electron chi connectivity index (χ1n) is 5.37. The van der Waals surface area contributed by atoms with Crippen molar-refractivity contribution < 1.29 is 14.6 Å². The molecule has 1 N–H and O–H groups in total. The monoisotopic (exact) mass is 309 g/mol. The number of rotatable bonds is 3. The predicted molar refractivity (Wildman–Crippen MR) is 71.8 cm³/mol. The lowest BCUT2D eigenvalue weighted by Gasteiger charge is -2.22. The van der Waals surface area contributed by atoms with E-state index in [4.69, 9.17) is 9.84 Å². The van der Waals surface area contributed by atoms with E-state index >= 15 is 0 Å². The van der Waals surface area contributed by atoms with Crippen molar-refractivity contribution in [2.24, 2.45) is 0 Å². The molecule has 5 heteroatoms. The third-order valence-electron chi connectivity index (χ3n) is 2.56. The number of carboxylic acid groups (broad SMARTS) is 1. The summed E-state index contributed by atoms with van der Waals surface area (Å²) < 4.78 is 6.24. The van der Waals surface area contributed by atoms with Crippen molar-refractivity contribution in [1.29, 1.82) is 0 Å². The molecule has 1 heterocycles. The maximum atomic E-state index is 11.0. The maximum absolute atomic E-state index is 11.0. The van der Waals surface area contributed by atoms with E-state index in [9.17, 15) is 4.79 Å². The molecule has 0 atom stereocenters. The van der Waals surface area contributed by atoms with Crippen molar-refractivity contribution >= 4 is 32.8 Å². The minimum Gasteiger partial charge on any atom is -0.478 e. The summed E-state index contributed by atoms with van der Waals surface area (Å²) in [5.41, 5.74) is -0.455. The molecule has 0 saturated heterocycles. The Morgan fingerprint density at radius 1 is 1.39 bits per heavy atom. The molecule has 94 valence electrons. The number of carboxylic acids is 1. The molecule has 4 nitrogen and oxygen atoms in total. The molecule has 0 aliphatic carbocycles. The van der Waals surface area contributed by atoms with Crippen LogP contribution in [-0.4, -0.2) is 21.7 Å². The molecular weight excluding hydrogens is 298 g/mol. The van der Waals surface area contributed by atoms with Gasteiger partial charge in [-0.25, -0.2) is 4.79 Å². The zero-order valence-corrected chi connectivity index (χ0v) is 11.6. The molecule has 18 heavy (non-hydrogen) atoms. The Balaban J connectivity index is 2.47. The van der Waals surface area contributed by atoms with Crippen molar-refractivity contribution in [2.75, 3.05) is 0 Å². The fourth-order valence-corrected chi connectivity index (χ4v) is 2.04. The number of nitrogens with zero attached hydrogens (tertiary/aromatic N) is 1. The van der Waals surface area contributed by atoms with Gasteiger partial charge in [0.05, 0.1) is 9.99 Å². The van der Waals surface area contributed by atoms with Crippen LogP contribution in [0, 0.1) is 0 Å². The van der Waals surface area contributed by atoms with Gasteiger partial charge in [-0.05, 0) is 48.0 Å². The highest BCUT2D eigenvalue weighted by atomic mass is 79.9. The predicted octanol–water partition coefficient (Wildman–Crippen LogP) is 3.24. The van der Waals surface area contributed by atoms with Crippen molar-refractivity contribution in [3.8, 4) is 5.75 Å².